The Labute approximate surface area is 102 Å². The molecule has 1 aromatic carbocycles. The Kier molecular flexibility index (Phi) is 3.32. The molecule has 5 heteroatoms. The van der Waals surface area contributed by atoms with Gasteiger partial charge < -0.3 is 5.11 Å². The standard InChI is InChI=1S/C13H13F3O2/c14-13(15,16)6-2-3-8-7-11(18)9-4-1-5-10(17)12(8)9/h1,4-5,8,17H,2-3,6-7H2. The van der Waals surface area contributed by atoms with Crippen molar-refractivity contribution in [2.45, 2.75) is 37.8 Å². The molecule has 1 atom stereocenters. The molecular formula is C13H13F3O2. The van der Waals surface area contributed by atoms with Crippen LogP contribution >= 0.6 is 0 Å². The molecule has 1 N–H and O–H groups in total. The van der Waals surface area contributed by atoms with Crippen molar-refractivity contribution in [3.05, 3.63) is 29.3 Å². The first-order valence-electron chi connectivity index (χ1n) is 5.80. The summed E-state index contributed by atoms with van der Waals surface area (Å²) in [5.74, 6) is -0.371. The minimum atomic E-state index is -4.16. The maximum absolute atomic E-state index is 12.1. The Morgan fingerprint density at radius 2 is 2.06 bits per heavy atom. The average Bonchev–Trinajstić information content (AvgIpc) is 2.56. The molecule has 0 saturated carbocycles. The van der Waals surface area contributed by atoms with Crippen molar-refractivity contribution in [3.63, 3.8) is 0 Å². The van der Waals surface area contributed by atoms with Crippen LogP contribution in [0.1, 0.15) is 47.5 Å². The van der Waals surface area contributed by atoms with E-state index < -0.39 is 12.6 Å². The molecule has 1 aromatic rings. The molecule has 18 heavy (non-hydrogen) atoms. The van der Waals surface area contributed by atoms with Gasteiger partial charge in [0.1, 0.15) is 5.75 Å². The molecule has 0 amide bonds. The van der Waals surface area contributed by atoms with Crippen LogP contribution in [0.15, 0.2) is 18.2 Å². The maximum atomic E-state index is 12.1. The number of benzene rings is 1. The van der Waals surface area contributed by atoms with Gasteiger partial charge in [0, 0.05) is 24.0 Å². The van der Waals surface area contributed by atoms with Crippen molar-refractivity contribution in [2.24, 2.45) is 0 Å². The van der Waals surface area contributed by atoms with Gasteiger partial charge in [-0.05, 0) is 24.8 Å². The van der Waals surface area contributed by atoms with Crippen LogP contribution in [0.5, 0.6) is 5.75 Å². The number of phenols is 1. The number of ketones is 1. The fourth-order valence-electron chi connectivity index (χ4n) is 2.46. The highest BCUT2D eigenvalue weighted by Crippen LogP contribution is 2.42. The van der Waals surface area contributed by atoms with Gasteiger partial charge in [-0.25, -0.2) is 0 Å². The Morgan fingerprint density at radius 1 is 1.33 bits per heavy atom. The summed E-state index contributed by atoms with van der Waals surface area (Å²) in [7, 11) is 0. The fraction of sp³-hybridized carbons (Fsp3) is 0.462. The van der Waals surface area contributed by atoms with E-state index in [2.05, 4.69) is 0 Å². The fourth-order valence-corrected chi connectivity index (χ4v) is 2.46. The van der Waals surface area contributed by atoms with Crippen LogP contribution in [0.2, 0.25) is 0 Å². The summed E-state index contributed by atoms with van der Waals surface area (Å²) in [6.07, 6.45) is -4.55. The molecular weight excluding hydrogens is 245 g/mol. The second-order valence-electron chi connectivity index (χ2n) is 4.57. The summed E-state index contributed by atoms with van der Waals surface area (Å²) >= 11 is 0. The number of halogens is 3. The minimum Gasteiger partial charge on any atom is -0.508 e. The molecule has 0 aromatic heterocycles. The number of Topliss-reactive ketones (excluding diaryl/α,β-unsaturated/α-hetero) is 1. The van der Waals surface area contributed by atoms with Crippen molar-refractivity contribution in [2.75, 3.05) is 0 Å². The van der Waals surface area contributed by atoms with E-state index in [-0.39, 0.29) is 36.7 Å². The van der Waals surface area contributed by atoms with E-state index in [0.29, 0.717) is 11.1 Å². The number of fused-ring (bicyclic) bond motifs is 1. The zero-order valence-electron chi connectivity index (χ0n) is 9.63. The first-order chi connectivity index (χ1) is 8.38. The first-order valence-corrected chi connectivity index (χ1v) is 5.80. The van der Waals surface area contributed by atoms with Crippen LogP contribution in [-0.4, -0.2) is 17.1 Å². The van der Waals surface area contributed by atoms with Crippen molar-refractivity contribution in [3.8, 4) is 5.75 Å². The van der Waals surface area contributed by atoms with Gasteiger partial charge in [-0.1, -0.05) is 12.1 Å². The molecule has 0 radical (unpaired) electrons. The molecule has 0 saturated heterocycles. The van der Waals surface area contributed by atoms with Crippen LogP contribution in [0.25, 0.3) is 0 Å². The van der Waals surface area contributed by atoms with E-state index in [1.807, 2.05) is 0 Å². The third-order valence-corrected chi connectivity index (χ3v) is 3.24. The zero-order chi connectivity index (χ0) is 13.3. The lowest BCUT2D eigenvalue weighted by atomic mass is 9.94. The largest absolute Gasteiger partial charge is 0.508 e. The van der Waals surface area contributed by atoms with E-state index in [1.54, 1.807) is 12.1 Å². The molecule has 0 bridgehead atoms. The number of phenolic OH excluding ortho intramolecular Hbond substituents is 1. The van der Waals surface area contributed by atoms with Gasteiger partial charge in [-0.3, -0.25) is 4.79 Å². The monoisotopic (exact) mass is 258 g/mol. The van der Waals surface area contributed by atoms with E-state index in [1.165, 1.54) is 6.07 Å². The molecule has 1 aliphatic rings. The molecule has 1 unspecified atom stereocenters. The van der Waals surface area contributed by atoms with Crippen molar-refractivity contribution < 1.29 is 23.1 Å². The Hall–Kier alpha value is -1.52. The summed E-state index contributed by atoms with van der Waals surface area (Å²) < 4.78 is 36.2. The van der Waals surface area contributed by atoms with E-state index in [9.17, 15) is 23.1 Å². The second-order valence-corrected chi connectivity index (χ2v) is 4.57. The number of carbonyl (C=O) groups is 1. The number of carbonyl (C=O) groups excluding carboxylic acids is 1. The van der Waals surface area contributed by atoms with Gasteiger partial charge in [-0.2, -0.15) is 13.2 Å². The molecule has 2 nitrogen and oxygen atoms in total. The van der Waals surface area contributed by atoms with E-state index >= 15 is 0 Å². The van der Waals surface area contributed by atoms with Gasteiger partial charge in [-0.15, -0.1) is 0 Å². The number of rotatable bonds is 3. The number of hydrogen-bond acceptors (Lipinski definition) is 2. The molecule has 0 fully saturated rings. The normalized spacial score (nSPS) is 19.1. The zero-order valence-corrected chi connectivity index (χ0v) is 9.63. The first kappa shape index (κ1) is 12.9. The van der Waals surface area contributed by atoms with Crippen LogP contribution < -0.4 is 0 Å². The third-order valence-electron chi connectivity index (χ3n) is 3.24. The Balaban J connectivity index is 2.08. The van der Waals surface area contributed by atoms with Gasteiger partial charge in [0.2, 0.25) is 0 Å². The molecule has 0 aliphatic heterocycles. The number of alkyl halides is 3. The maximum Gasteiger partial charge on any atom is 0.389 e. The van der Waals surface area contributed by atoms with Crippen molar-refractivity contribution >= 4 is 5.78 Å². The number of hydrogen-bond donors (Lipinski definition) is 1. The van der Waals surface area contributed by atoms with E-state index in [0.717, 1.165) is 0 Å². The Morgan fingerprint density at radius 3 is 2.72 bits per heavy atom. The van der Waals surface area contributed by atoms with Crippen LogP contribution in [-0.2, 0) is 0 Å². The van der Waals surface area contributed by atoms with Crippen molar-refractivity contribution in [1.29, 1.82) is 0 Å². The summed E-state index contributed by atoms with van der Waals surface area (Å²) in [4.78, 5) is 11.7. The molecule has 2 rings (SSSR count). The smallest absolute Gasteiger partial charge is 0.389 e. The van der Waals surface area contributed by atoms with Crippen LogP contribution in [0, 0.1) is 0 Å². The lowest BCUT2D eigenvalue weighted by molar-refractivity contribution is -0.135. The second kappa shape index (κ2) is 4.63. The van der Waals surface area contributed by atoms with Crippen LogP contribution in [0.4, 0.5) is 13.2 Å². The van der Waals surface area contributed by atoms with Crippen LogP contribution in [0.3, 0.4) is 0 Å². The highest BCUT2D eigenvalue weighted by molar-refractivity contribution is 6.02. The SMILES string of the molecule is O=C1CC(CCCC(F)(F)F)c2c(O)cccc21. The predicted molar refractivity (Wildman–Crippen MR) is 59.7 cm³/mol. The quantitative estimate of drug-likeness (QED) is 0.895. The molecule has 1 aliphatic carbocycles. The van der Waals surface area contributed by atoms with Crippen molar-refractivity contribution in [1.82, 2.24) is 0 Å². The minimum absolute atomic E-state index is 0.00959. The average molecular weight is 258 g/mol. The molecule has 98 valence electrons. The predicted octanol–water partition coefficient (Wildman–Crippen LogP) is 3.79. The molecule has 0 spiro atoms. The van der Waals surface area contributed by atoms with Gasteiger partial charge >= 0.3 is 6.18 Å². The third kappa shape index (κ3) is 2.66. The summed E-state index contributed by atoms with van der Waals surface area (Å²) in [6, 6.07) is 4.65. The summed E-state index contributed by atoms with van der Waals surface area (Å²) in [5, 5.41) is 9.70. The summed E-state index contributed by atoms with van der Waals surface area (Å²) in [5.41, 5.74) is 0.969. The van der Waals surface area contributed by atoms with Gasteiger partial charge in [0.15, 0.2) is 5.78 Å². The van der Waals surface area contributed by atoms with Gasteiger partial charge in [0.25, 0.3) is 0 Å². The highest BCUT2D eigenvalue weighted by Gasteiger charge is 2.33. The lowest BCUT2D eigenvalue weighted by Crippen LogP contribution is -2.07. The number of aromatic hydroxyl groups is 1. The summed E-state index contributed by atoms with van der Waals surface area (Å²) in [6.45, 7) is 0. The van der Waals surface area contributed by atoms with Gasteiger partial charge in [0.05, 0.1) is 0 Å². The molecule has 0 heterocycles. The topological polar surface area (TPSA) is 37.3 Å². The van der Waals surface area contributed by atoms with E-state index in [4.69, 9.17) is 0 Å². The highest BCUT2D eigenvalue weighted by atomic mass is 19.4. The lowest BCUT2D eigenvalue weighted by Gasteiger charge is -2.12. The Bertz CT molecular complexity index is 466.